The molecule has 0 aromatic carbocycles. The van der Waals surface area contributed by atoms with Crippen LogP contribution >= 0.6 is 15.9 Å². The molecule has 1 unspecified atom stereocenters. The molecule has 1 fully saturated rings. The monoisotopic (exact) mass is 297 g/mol. The molecule has 4 heteroatoms. The molecule has 0 N–H and O–H groups in total. The van der Waals surface area contributed by atoms with Crippen LogP contribution in [-0.4, -0.2) is 47.9 Å². The number of aromatic nitrogens is 1. The molecule has 3 nitrogen and oxygen atoms in total. The third-order valence-electron chi connectivity index (χ3n) is 3.18. The van der Waals surface area contributed by atoms with Crippen molar-refractivity contribution in [2.45, 2.75) is 6.92 Å². The summed E-state index contributed by atoms with van der Waals surface area (Å²) in [6.45, 7) is 7.96. The van der Waals surface area contributed by atoms with E-state index in [1.165, 1.54) is 6.54 Å². The summed E-state index contributed by atoms with van der Waals surface area (Å²) in [5, 5.41) is 1.09. The fourth-order valence-electron chi connectivity index (χ4n) is 2.19. The van der Waals surface area contributed by atoms with E-state index in [-0.39, 0.29) is 0 Å². The Bertz CT molecular complexity index is 323. The molecule has 1 saturated heterocycles. The minimum atomic E-state index is 0.733. The van der Waals surface area contributed by atoms with E-state index in [2.05, 4.69) is 49.8 Å². The zero-order chi connectivity index (χ0) is 12.1. The van der Waals surface area contributed by atoms with Crippen LogP contribution in [0, 0.1) is 5.92 Å². The number of rotatable bonds is 4. The van der Waals surface area contributed by atoms with Crippen LogP contribution in [0.2, 0.25) is 0 Å². The lowest BCUT2D eigenvalue weighted by Crippen LogP contribution is -2.48. The lowest BCUT2D eigenvalue weighted by atomic mass is 10.2. The summed E-state index contributed by atoms with van der Waals surface area (Å²) in [5.74, 6) is 1.84. The van der Waals surface area contributed by atoms with Crippen molar-refractivity contribution in [3.05, 3.63) is 24.4 Å². The van der Waals surface area contributed by atoms with Gasteiger partial charge in [-0.3, -0.25) is 4.90 Å². The molecule has 0 bridgehead atoms. The van der Waals surface area contributed by atoms with Gasteiger partial charge in [-0.1, -0.05) is 28.9 Å². The molecular weight excluding hydrogens is 278 g/mol. The molecule has 2 heterocycles. The highest BCUT2D eigenvalue weighted by molar-refractivity contribution is 9.09. The van der Waals surface area contributed by atoms with Gasteiger partial charge in [0.15, 0.2) is 0 Å². The Kier molecular flexibility index (Phi) is 4.80. The number of hydrogen-bond acceptors (Lipinski definition) is 3. The minimum absolute atomic E-state index is 0.733. The molecule has 0 saturated carbocycles. The Balaban J connectivity index is 1.82. The van der Waals surface area contributed by atoms with E-state index in [0.29, 0.717) is 0 Å². The number of hydrogen-bond donors (Lipinski definition) is 0. The molecule has 2 rings (SSSR count). The van der Waals surface area contributed by atoms with Gasteiger partial charge in [0, 0.05) is 44.3 Å². The summed E-state index contributed by atoms with van der Waals surface area (Å²) in [5.41, 5.74) is 0. The molecule has 0 spiro atoms. The van der Waals surface area contributed by atoms with Crippen LogP contribution in [0.5, 0.6) is 0 Å². The summed E-state index contributed by atoms with van der Waals surface area (Å²) < 4.78 is 0. The maximum absolute atomic E-state index is 4.40. The van der Waals surface area contributed by atoms with Gasteiger partial charge in [0.1, 0.15) is 5.82 Å². The predicted molar refractivity (Wildman–Crippen MR) is 75.8 cm³/mol. The molecule has 1 atom stereocenters. The van der Waals surface area contributed by atoms with E-state index < -0.39 is 0 Å². The van der Waals surface area contributed by atoms with E-state index in [0.717, 1.165) is 43.2 Å². The SMILES string of the molecule is CC(CBr)CN1CCN(c2ccccn2)CC1. The Hall–Kier alpha value is -0.610. The lowest BCUT2D eigenvalue weighted by Gasteiger charge is -2.36. The fourth-order valence-corrected chi connectivity index (χ4v) is 2.39. The van der Waals surface area contributed by atoms with Gasteiger partial charge in [-0.25, -0.2) is 4.98 Å². The van der Waals surface area contributed by atoms with Gasteiger partial charge in [0.2, 0.25) is 0 Å². The van der Waals surface area contributed by atoms with Crippen molar-refractivity contribution in [2.75, 3.05) is 43.0 Å². The molecule has 1 aliphatic rings. The summed E-state index contributed by atoms with van der Waals surface area (Å²) in [4.78, 5) is 9.32. The first-order valence-electron chi connectivity index (χ1n) is 6.24. The Morgan fingerprint density at radius 2 is 2.06 bits per heavy atom. The van der Waals surface area contributed by atoms with Crippen LogP contribution in [-0.2, 0) is 0 Å². The van der Waals surface area contributed by atoms with Crippen LogP contribution in [0.15, 0.2) is 24.4 Å². The van der Waals surface area contributed by atoms with Crippen LogP contribution < -0.4 is 4.90 Å². The number of pyridine rings is 1. The molecule has 17 heavy (non-hydrogen) atoms. The van der Waals surface area contributed by atoms with Crippen molar-refractivity contribution < 1.29 is 0 Å². The predicted octanol–water partition coefficient (Wildman–Crippen LogP) is 2.23. The van der Waals surface area contributed by atoms with Crippen molar-refractivity contribution in [1.82, 2.24) is 9.88 Å². The highest BCUT2D eigenvalue weighted by Crippen LogP contribution is 2.13. The second-order valence-electron chi connectivity index (χ2n) is 4.74. The van der Waals surface area contributed by atoms with Crippen LogP contribution in [0.25, 0.3) is 0 Å². The third kappa shape index (κ3) is 3.68. The largest absolute Gasteiger partial charge is 0.354 e. The fraction of sp³-hybridized carbons (Fsp3) is 0.615. The normalized spacial score (nSPS) is 19.3. The summed E-state index contributed by atoms with van der Waals surface area (Å²) in [6, 6.07) is 6.12. The lowest BCUT2D eigenvalue weighted by molar-refractivity contribution is 0.232. The Morgan fingerprint density at radius 1 is 1.29 bits per heavy atom. The molecular formula is C13H20BrN3. The molecule has 1 aromatic rings. The van der Waals surface area contributed by atoms with E-state index in [1.807, 2.05) is 12.3 Å². The van der Waals surface area contributed by atoms with Gasteiger partial charge in [-0.15, -0.1) is 0 Å². The third-order valence-corrected chi connectivity index (χ3v) is 4.28. The van der Waals surface area contributed by atoms with E-state index in [9.17, 15) is 0 Å². The second-order valence-corrected chi connectivity index (χ2v) is 5.38. The van der Waals surface area contributed by atoms with Crippen LogP contribution in [0.3, 0.4) is 0 Å². The van der Waals surface area contributed by atoms with Gasteiger partial charge in [-0.2, -0.15) is 0 Å². The first-order chi connectivity index (χ1) is 8.29. The summed E-state index contributed by atoms with van der Waals surface area (Å²) >= 11 is 3.54. The van der Waals surface area contributed by atoms with E-state index in [4.69, 9.17) is 0 Å². The number of anilines is 1. The summed E-state index contributed by atoms with van der Waals surface area (Å²) in [6.07, 6.45) is 1.87. The molecule has 1 aliphatic heterocycles. The van der Waals surface area contributed by atoms with Crippen LogP contribution in [0.1, 0.15) is 6.92 Å². The molecule has 0 aliphatic carbocycles. The summed E-state index contributed by atoms with van der Waals surface area (Å²) in [7, 11) is 0. The van der Waals surface area contributed by atoms with E-state index in [1.54, 1.807) is 0 Å². The average molecular weight is 298 g/mol. The molecule has 94 valence electrons. The number of alkyl halides is 1. The standard InChI is InChI=1S/C13H20BrN3/c1-12(10-14)11-16-6-8-17(9-7-16)13-4-2-3-5-15-13/h2-5,12H,6-11H2,1H3. The van der Waals surface area contributed by atoms with Crippen LogP contribution in [0.4, 0.5) is 5.82 Å². The van der Waals surface area contributed by atoms with Gasteiger partial charge < -0.3 is 4.90 Å². The zero-order valence-corrected chi connectivity index (χ0v) is 11.9. The Morgan fingerprint density at radius 3 is 2.65 bits per heavy atom. The van der Waals surface area contributed by atoms with Gasteiger partial charge >= 0.3 is 0 Å². The molecule has 0 radical (unpaired) electrons. The number of halogens is 1. The van der Waals surface area contributed by atoms with Crippen molar-refractivity contribution in [3.8, 4) is 0 Å². The molecule has 0 amide bonds. The quantitative estimate of drug-likeness (QED) is 0.795. The zero-order valence-electron chi connectivity index (χ0n) is 10.3. The number of nitrogens with zero attached hydrogens (tertiary/aromatic N) is 3. The first-order valence-corrected chi connectivity index (χ1v) is 7.36. The van der Waals surface area contributed by atoms with Crippen molar-refractivity contribution in [2.24, 2.45) is 5.92 Å². The Labute approximate surface area is 112 Å². The first kappa shape index (κ1) is 12.8. The highest BCUT2D eigenvalue weighted by atomic mass is 79.9. The maximum atomic E-state index is 4.40. The van der Waals surface area contributed by atoms with Crippen molar-refractivity contribution >= 4 is 21.7 Å². The number of piperazine rings is 1. The maximum Gasteiger partial charge on any atom is 0.128 e. The highest BCUT2D eigenvalue weighted by Gasteiger charge is 2.18. The molecule has 1 aromatic heterocycles. The van der Waals surface area contributed by atoms with E-state index >= 15 is 0 Å². The average Bonchev–Trinajstić information content (AvgIpc) is 2.40. The van der Waals surface area contributed by atoms with Gasteiger partial charge in [0.05, 0.1) is 0 Å². The smallest absolute Gasteiger partial charge is 0.128 e. The second kappa shape index (κ2) is 6.36. The van der Waals surface area contributed by atoms with Crippen molar-refractivity contribution in [1.29, 1.82) is 0 Å². The topological polar surface area (TPSA) is 19.4 Å². The van der Waals surface area contributed by atoms with Gasteiger partial charge in [0.25, 0.3) is 0 Å². The van der Waals surface area contributed by atoms with Crippen molar-refractivity contribution in [3.63, 3.8) is 0 Å². The van der Waals surface area contributed by atoms with Gasteiger partial charge in [-0.05, 0) is 18.1 Å². The minimum Gasteiger partial charge on any atom is -0.354 e.